The summed E-state index contributed by atoms with van der Waals surface area (Å²) in [6.07, 6.45) is 15.4. The van der Waals surface area contributed by atoms with Crippen LogP contribution in [0.2, 0.25) is 0 Å². The predicted molar refractivity (Wildman–Crippen MR) is 125 cm³/mol. The molecule has 3 heterocycles. The highest BCUT2D eigenvalue weighted by Crippen LogP contribution is 2.33. The number of carbonyl (C=O) groups excluding carboxylic acids is 1. The lowest BCUT2D eigenvalue weighted by Gasteiger charge is -2.30. The second-order valence-electron chi connectivity index (χ2n) is 10.1. The quantitative estimate of drug-likeness (QED) is 0.548. The number of carbonyl (C=O) groups is 1. The first-order valence-corrected chi connectivity index (χ1v) is 12.1. The Morgan fingerprint density at radius 3 is 2.48 bits per heavy atom. The number of hydrogen-bond acceptors (Lipinski definition) is 3. The average molecular weight is 424 g/mol. The molecule has 1 amide bonds. The number of pyridine rings is 1. The molecule has 0 radical (unpaired) electrons. The van der Waals surface area contributed by atoms with Crippen LogP contribution in [0.25, 0.3) is 11.1 Å². The van der Waals surface area contributed by atoms with E-state index in [0.29, 0.717) is 19.0 Å². The lowest BCUT2D eigenvalue weighted by atomic mass is 9.96. The van der Waals surface area contributed by atoms with Crippen molar-refractivity contribution in [1.29, 1.82) is 0 Å². The van der Waals surface area contributed by atoms with Crippen LogP contribution in [0, 0.1) is 0 Å². The summed E-state index contributed by atoms with van der Waals surface area (Å²) in [4.78, 5) is 19.7. The van der Waals surface area contributed by atoms with Crippen molar-refractivity contribution in [2.45, 2.75) is 90.1 Å². The molecule has 1 fully saturated rings. The summed E-state index contributed by atoms with van der Waals surface area (Å²) in [7, 11) is 0. The maximum Gasteiger partial charge on any atom is 0.410 e. The van der Waals surface area contributed by atoms with Gasteiger partial charge in [0, 0.05) is 18.7 Å². The van der Waals surface area contributed by atoms with E-state index >= 15 is 0 Å². The van der Waals surface area contributed by atoms with Gasteiger partial charge in [-0.05, 0) is 57.7 Å². The van der Waals surface area contributed by atoms with Gasteiger partial charge in [0.1, 0.15) is 11.4 Å². The molecule has 1 saturated carbocycles. The van der Waals surface area contributed by atoms with Crippen molar-refractivity contribution in [3.63, 3.8) is 0 Å². The van der Waals surface area contributed by atoms with Crippen LogP contribution in [-0.4, -0.2) is 39.1 Å². The van der Waals surface area contributed by atoms with Crippen LogP contribution < -0.4 is 0 Å². The number of rotatable bonds is 2. The molecular formula is C26H37N3O2. The van der Waals surface area contributed by atoms with Gasteiger partial charge in [0.05, 0.1) is 17.8 Å². The van der Waals surface area contributed by atoms with Gasteiger partial charge in [-0.25, -0.2) is 9.78 Å². The molecule has 4 rings (SSSR count). The number of imidazole rings is 1. The first-order valence-electron chi connectivity index (χ1n) is 12.1. The topological polar surface area (TPSA) is 46.8 Å². The number of aromatic nitrogens is 2. The summed E-state index contributed by atoms with van der Waals surface area (Å²) in [5, 5.41) is 0. The van der Waals surface area contributed by atoms with E-state index in [4.69, 9.17) is 9.72 Å². The van der Waals surface area contributed by atoms with Crippen LogP contribution in [0.1, 0.15) is 96.0 Å². The van der Waals surface area contributed by atoms with Crippen LogP contribution in [0.15, 0.2) is 30.5 Å². The van der Waals surface area contributed by atoms with Gasteiger partial charge in [0.2, 0.25) is 0 Å². The van der Waals surface area contributed by atoms with Crippen LogP contribution in [0.4, 0.5) is 4.79 Å². The monoisotopic (exact) mass is 423 g/mol. The van der Waals surface area contributed by atoms with E-state index in [1.54, 1.807) is 0 Å². The van der Waals surface area contributed by atoms with Crippen LogP contribution in [0.5, 0.6) is 0 Å². The van der Waals surface area contributed by atoms with Gasteiger partial charge in [-0.15, -0.1) is 0 Å². The van der Waals surface area contributed by atoms with Gasteiger partial charge in [0.25, 0.3) is 0 Å². The largest absolute Gasteiger partial charge is 0.444 e. The molecule has 0 unspecified atom stereocenters. The number of amides is 1. The van der Waals surface area contributed by atoms with Gasteiger partial charge in [-0.1, -0.05) is 50.7 Å². The number of ether oxygens (including phenoxy) is 1. The van der Waals surface area contributed by atoms with Crippen molar-refractivity contribution in [3.8, 4) is 0 Å². The highest BCUT2D eigenvalue weighted by molar-refractivity contribution is 5.80. The molecule has 0 N–H and O–H groups in total. The molecule has 168 valence electrons. The molecule has 0 saturated heterocycles. The van der Waals surface area contributed by atoms with Gasteiger partial charge < -0.3 is 14.0 Å². The zero-order valence-electron chi connectivity index (χ0n) is 19.4. The average Bonchev–Trinajstić information content (AvgIpc) is 3.17. The summed E-state index contributed by atoms with van der Waals surface area (Å²) >= 11 is 0. The van der Waals surface area contributed by atoms with Crippen LogP contribution >= 0.6 is 0 Å². The van der Waals surface area contributed by atoms with E-state index in [9.17, 15) is 4.79 Å². The Kier molecular flexibility index (Phi) is 6.68. The molecule has 2 aromatic rings. The Balaban J connectivity index is 1.62. The molecule has 0 spiro atoms. The SMILES string of the molecule is CC(C)(C)OC(=O)N1CCC=C(c2nc(C3CCCCCCCC3)n3ccccc23)C1. The van der Waals surface area contributed by atoms with Crippen molar-refractivity contribution in [2.24, 2.45) is 0 Å². The van der Waals surface area contributed by atoms with E-state index in [0.717, 1.165) is 23.2 Å². The van der Waals surface area contributed by atoms with Gasteiger partial charge >= 0.3 is 6.09 Å². The summed E-state index contributed by atoms with van der Waals surface area (Å²) in [5.41, 5.74) is 2.83. The first kappa shape index (κ1) is 21.9. The zero-order chi connectivity index (χ0) is 21.8. The lowest BCUT2D eigenvalue weighted by molar-refractivity contribution is 0.0273. The van der Waals surface area contributed by atoms with Crippen molar-refractivity contribution < 1.29 is 9.53 Å². The molecule has 0 aromatic carbocycles. The van der Waals surface area contributed by atoms with E-state index in [2.05, 4.69) is 34.9 Å². The summed E-state index contributed by atoms with van der Waals surface area (Å²) in [6, 6.07) is 6.34. The van der Waals surface area contributed by atoms with Crippen molar-refractivity contribution in [1.82, 2.24) is 14.3 Å². The Hall–Kier alpha value is -2.30. The Morgan fingerprint density at radius 1 is 1.06 bits per heavy atom. The van der Waals surface area contributed by atoms with Gasteiger partial charge in [-0.2, -0.15) is 0 Å². The molecule has 2 aliphatic rings. The summed E-state index contributed by atoms with van der Waals surface area (Å²) < 4.78 is 7.92. The normalized spacial score (nSPS) is 19.5. The summed E-state index contributed by atoms with van der Waals surface area (Å²) in [5.74, 6) is 1.70. The fourth-order valence-corrected chi connectivity index (χ4v) is 4.87. The zero-order valence-corrected chi connectivity index (χ0v) is 19.4. The third-order valence-corrected chi connectivity index (χ3v) is 6.40. The number of nitrogens with zero attached hydrogens (tertiary/aromatic N) is 3. The fraction of sp³-hybridized carbons (Fsp3) is 0.615. The fourth-order valence-electron chi connectivity index (χ4n) is 4.87. The van der Waals surface area contributed by atoms with Gasteiger partial charge in [-0.3, -0.25) is 0 Å². The minimum absolute atomic E-state index is 0.238. The van der Waals surface area contributed by atoms with E-state index in [1.165, 1.54) is 57.2 Å². The van der Waals surface area contributed by atoms with Crippen molar-refractivity contribution >= 4 is 17.2 Å². The van der Waals surface area contributed by atoms with E-state index < -0.39 is 5.60 Å². The molecule has 5 nitrogen and oxygen atoms in total. The Morgan fingerprint density at radius 2 is 1.77 bits per heavy atom. The minimum atomic E-state index is -0.483. The molecule has 31 heavy (non-hydrogen) atoms. The smallest absolute Gasteiger partial charge is 0.410 e. The van der Waals surface area contributed by atoms with Crippen LogP contribution in [0.3, 0.4) is 0 Å². The standard InChI is InChI=1S/C26H37N3O2/c1-26(2,3)31-25(30)28-17-12-15-21(19-28)23-22-16-10-11-18-29(22)24(27-23)20-13-8-6-4-5-7-9-14-20/h10-11,15-16,18,20H,4-9,12-14,17,19H2,1-3H3. The minimum Gasteiger partial charge on any atom is -0.444 e. The van der Waals surface area contributed by atoms with E-state index in [1.807, 2.05) is 25.7 Å². The maximum atomic E-state index is 12.7. The maximum absolute atomic E-state index is 12.7. The van der Waals surface area contributed by atoms with E-state index in [-0.39, 0.29) is 6.09 Å². The Bertz CT molecular complexity index is 928. The second-order valence-corrected chi connectivity index (χ2v) is 10.1. The Labute approximate surface area is 186 Å². The number of hydrogen-bond donors (Lipinski definition) is 0. The molecule has 2 aromatic heterocycles. The number of fused-ring (bicyclic) bond motifs is 1. The second kappa shape index (κ2) is 9.46. The molecule has 1 aliphatic heterocycles. The lowest BCUT2D eigenvalue weighted by Crippen LogP contribution is -2.39. The van der Waals surface area contributed by atoms with Gasteiger partial charge in [0.15, 0.2) is 0 Å². The predicted octanol–water partition coefficient (Wildman–Crippen LogP) is 6.58. The third-order valence-electron chi connectivity index (χ3n) is 6.40. The molecule has 1 aliphatic carbocycles. The van der Waals surface area contributed by atoms with Crippen molar-refractivity contribution in [3.05, 3.63) is 42.0 Å². The van der Waals surface area contributed by atoms with Crippen LogP contribution in [-0.2, 0) is 4.74 Å². The highest BCUT2D eigenvalue weighted by atomic mass is 16.6. The molecular weight excluding hydrogens is 386 g/mol. The first-order chi connectivity index (χ1) is 14.9. The molecule has 0 atom stereocenters. The van der Waals surface area contributed by atoms with Crippen molar-refractivity contribution in [2.75, 3.05) is 13.1 Å². The third kappa shape index (κ3) is 5.31. The summed E-state index contributed by atoms with van der Waals surface area (Å²) in [6.45, 7) is 6.99. The molecule has 5 heteroatoms. The highest BCUT2D eigenvalue weighted by Gasteiger charge is 2.27. The molecule has 0 bridgehead atoms.